The van der Waals surface area contributed by atoms with Gasteiger partial charge >= 0.3 is 5.97 Å². The van der Waals surface area contributed by atoms with Gasteiger partial charge in [-0.2, -0.15) is 0 Å². The van der Waals surface area contributed by atoms with Gasteiger partial charge in [0, 0.05) is 6.07 Å². The van der Waals surface area contributed by atoms with E-state index in [1.54, 1.807) is 6.92 Å². The number of benzene rings is 1. The molecule has 98 valence electrons. The van der Waals surface area contributed by atoms with Crippen LogP contribution in [-0.2, 0) is 16.0 Å². The SMILES string of the molecule is CCOC(=O)Cc1c([N+](=O)[O-])ccc(Cl)c1OC. The summed E-state index contributed by atoms with van der Waals surface area (Å²) in [5, 5.41) is 11.1. The molecule has 0 saturated heterocycles. The van der Waals surface area contributed by atoms with Crippen LogP contribution in [0.5, 0.6) is 5.75 Å². The summed E-state index contributed by atoms with van der Waals surface area (Å²) in [7, 11) is 1.33. The Morgan fingerprint density at radius 2 is 2.17 bits per heavy atom. The van der Waals surface area contributed by atoms with Gasteiger partial charge in [0.05, 0.1) is 35.6 Å². The van der Waals surface area contributed by atoms with Gasteiger partial charge in [-0.25, -0.2) is 0 Å². The highest BCUT2D eigenvalue weighted by atomic mass is 35.5. The Labute approximate surface area is 109 Å². The lowest BCUT2D eigenvalue weighted by molar-refractivity contribution is -0.385. The second-order valence-electron chi connectivity index (χ2n) is 3.32. The van der Waals surface area contributed by atoms with E-state index < -0.39 is 10.9 Å². The van der Waals surface area contributed by atoms with E-state index in [9.17, 15) is 14.9 Å². The Balaban J connectivity index is 3.23. The highest BCUT2D eigenvalue weighted by Gasteiger charge is 2.23. The number of nitro benzene ring substituents is 1. The molecule has 0 heterocycles. The molecule has 7 heteroatoms. The van der Waals surface area contributed by atoms with E-state index in [0.29, 0.717) is 0 Å². The first-order valence-electron chi connectivity index (χ1n) is 5.16. The zero-order valence-electron chi connectivity index (χ0n) is 9.94. The van der Waals surface area contributed by atoms with Crippen molar-refractivity contribution in [2.45, 2.75) is 13.3 Å². The number of carbonyl (C=O) groups is 1. The van der Waals surface area contributed by atoms with Crippen molar-refractivity contribution in [2.75, 3.05) is 13.7 Å². The predicted octanol–water partition coefficient (Wildman–Crippen LogP) is 2.36. The molecule has 0 aliphatic heterocycles. The van der Waals surface area contributed by atoms with E-state index >= 15 is 0 Å². The van der Waals surface area contributed by atoms with Gasteiger partial charge in [0.2, 0.25) is 0 Å². The average Bonchev–Trinajstić information content (AvgIpc) is 2.29. The second-order valence-corrected chi connectivity index (χ2v) is 3.72. The van der Waals surface area contributed by atoms with Gasteiger partial charge in [-0.3, -0.25) is 14.9 Å². The molecule has 0 unspecified atom stereocenters. The fourth-order valence-corrected chi connectivity index (χ4v) is 1.76. The number of nitrogens with zero attached hydrogens (tertiary/aromatic N) is 1. The predicted molar refractivity (Wildman–Crippen MR) is 65.0 cm³/mol. The van der Waals surface area contributed by atoms with Crippen molar-refractivity contribution in [3.05, 3.63) is 32.8 Å². The minimum Gasteiger partial charge on any atom is -0.495 e. The van der Waals surface area contributed by atoms with Gasteiger partial charge in [-0.15, -0.1) is 0 Å². The smallest absolute Gasteiger partial charge is 0.310 e. The van der Waals surface area contributed by atoms with Crippen LogP contribution in [0.25, 0.3) is 0 Å². The summed E-state index contributed by atoms with van der Waals surface area (Å²) in [5.74, 6) is -0.444. The quantitative estimate of drug-likeness (QED) is 0.467. The third-order valence-corrected chi connectivity index (χ3v) is 2.51. The third-order valence-electron chi connectivity index (χ3n) is 2.21. The number of methoxy groups -OCH3 is 1. The van der Waals surface area contributed by atoms with Crippen molar-refractivity contribution >= 4 is 23.3 Å². The standard InChI is InChI=1S/C11H12ClNO5/c1-3-18-10(14)6-7-9(13(15)16)5-4-8(12)11(7)17-2/h4-5H,3,6H2,1-2H3. The molecule has 1 rings (SSSR count). The van der Waals surface area contributed by atoms with Gasteiger partial charge in [0.1, 0.15) is 5.75 Å². The molecule has 0 amide bonds. The minimum atomic E-state index is -0.590. The Kier molecular flexibility index (Phi) is 4.91. The molecule has 0 aromatic heterocycles. The zero-order valence-corrected chi connectivity index (χ0v) is 10.7. The van der Waals surface area contributed by atoms with Crippen LogP contribution in [0.3, 0.4) is 0 Å². The van der Waals surface area contributed by atoms with Gasteiger partial charge in [0.25, 0.3) is 5.69 Å². The largest absolute Gasteiger partial charge is 0.495 e. The number of hydrogen-bond acceptors (Lipinski definition) is 5. The molecule has 0 spiro atoms. The Hall–Kier alpha value is -1.82. The lowest BCUT2D eigenvalue weighted by Crippen LogP contribution is -2.10. The Morgan fingerprint density at radius 1 is 1.50 bits per heavy atom. The molecule has 0 aliphatic rings. The van der Waals surface area contributed by atoms with Gasteiger partial charge in [-0.1, -0.05) is 11.6 Å². The van der Waals surface area contributed by atoms with Crippen LogP contribution in [0, 0.1) is 10.1 Å². The van der Waals surface area contributed by atoms with Crippen LogP contribution >= 0.6 is 11.6 Å². The van der Waals surface area contributed by atoms with Gasteiger partial charge < -0.3 is 9.47 Å². The molecule has 0 fully saturated rings. The number of esters is 1. The highest BCUT2D eigenvalue weighted by Crippen LogP contribution is 2.35. The lowest BCUT2D eigenvalue weighted by atomic mass is 10.1. The van der Waals surface area contributed by atoms with E-state index in [1.165, 1.54) is 19.2 Å². The molecular formula is C11H12ClNO5. The number of nitro groups is 1. The fourth-order valence-electron chi connectivity index (χ4n) is 1.51. The summed E-state index contributed by atoms with van der Waals surface area (Å²) in [5.41, 5.74) is -0.0993. The molecule has 0 atom stereocenters. The molecule has 0 radical (unpaired) electrons. The van der Waals surface area contributed by atoms with E-state index in [0.717, 1.165) is 0 Å². The Bertz CT molecular complexity index is 475. The summed E-state index contributed by atoms with van der Waals surface area (Å²) < 4.78 is 9.76. The van der Waals surface area contributed by atoms with E-state index in [2.05, 4.69) is 0 Å². The average molecular weight is 274 g/mol. The van der Waals surface area contributed by atoms with Crippen molar-refractivity contribution in [3.63, 3.8) is 0 Å². The van der Waals surface area contributed by atoms with Gasteiger partial charge in [0.15, 0.2) is 0 Å². The number of halogens is 1. The molecule has 1 aromatic rings. The molecular weight excluding hydrogens is 262 g/mol. The van der Waals surface area contributed by atoms with Crippen LogP contribution in [0.4, 0.5) is 5.69 Å². The summed E-state index contributed by atoms with van der Waals surface area (Å²) in [4.78, 5) is 21.7. The molecule has 1 aromatic carbocycles. The maximum Gasteiger partial charge on any atom is 0.310 e. The molecule has 18 heavy (non-hydrogen) atoms. The van der Waals surface area contributed by atoms with E-state index in [1.807, 2.05) is 0 Å². The van der Waals surface area contributed by atoms with Crippen molar-refractivity contribution in [1.29, 1.82) is 0 Å². The fraction of sp³-hybridized carbons (Fsp3) is 0.364. The summed E-state index contributed by atoms with van der Waals surface area (Å²) >= 11 is 5.87. The van der Waals surface area contributed by atoms with Crippen molar-refractivity contribution < 1.29 is 19.2 Å². The van der Waals surface area contributed by atoms with Crippen LogP contribution < -0.4 is 4.74 Å². The zero-order chi connectivity index (χ0) is 13.7. The summed E-state index contributed by atoms with van der Waals surface area (Å²) in [6.45, 7) is 1.86. The van der Waals surface area contributed by atoms with Crippen LogP contribution in [0.2, 0.25) is 5.02 Å². The summed E-state index contributed by atoms with van der Waals surface area (Å²) in [6.07, 6.45) is -0.256. The maximum atomic E-state index is 11.4. The Morgan fingerprint density at radius 3 is 2.67 bits per heavy atom. The maximum absolute atomic E-state index is 11.4. The number of carbonyl (C=O) groups excluding carboxylic acids is 1. The highest BCUT2D eigenvalue weighted by molar-refractivity contribution is 6.32. The first-order chi connectivity index (χ1) is 8.51. The lowest BCUT2D eigenvalue weighted by Gasteiger charge is -2.10. The molecule has 0 saturated carbocycles. The van der Waals surface area contributed by atoms with Crippen LogP contribution in [0.15, 0.2) is 12.1 Å². The van der Waals surface area contributed by atoms with Gasteiger partial charge in [-0.05, 0) is 13.0 Å². The first kappa shape index (κ1) is 14.2. The van der Waals surface area contributed by atoms with Crippen LogP contribution in [-0.4, -0.2) is 24.6 Å². The van der Waals surface area contributed by atoms with E-state index in [4.69, 9.17) is 21.1 Å². The molecule has 0 bridgehead atoms. The monoisotopic (exact) mass is 273 g/mol. The van der Waals surface area contributed by atoms with Crippen LogP contribution in [0.1, 0.15) is 12.5 Å². The molecule has 0 aliphatic carbocycles. The summed E-state index contributed by atoms with van der Waals surface area (Å²) in [6, 6.07) is 2.59. The number of rotatable bonds is 5. The third kappa shape index (κ3) is 3.10. The normalized spacial score (nSPS) is 9.94. The molecule has 6 nitrogen and oxygen atoms in total. The van der Waals surface area contributed by atoms with Crippen molar-refractivity contribution in [2.24, 2.45) is 0 Å². The second kappa shape index (κ2) is 6.20. The topological polar surface area (TPSA) is 78.7 Å². The molecule has 0 N–H and O–H groups in total. The minimum absolute atomic E-state index is 0.119. The van der Waals surface area contributed by atoms with Crippen molar-refractivity contribution in [1.82, 2.24) is 0 Å². The number of hydrogen-bond donors (Lipinski definition) is 0. The number of ether oxygens (including phenoxy) is 2. The van der Waals surface area contributed by atoms with Crippen molar-refractivity contribution in [3.8, 4) is 5.75 Å². The van der Waals surface area contributed by atoms with E-state index in [-0.39, 0.29) is 35.1 Å². The first-order valence-corrected chi connectivity index (χ1v) is 5.54.